The van der Waals surface area contributed by atoms with Gasteiger partial charge in [0.15, 0.2) is 11.6 Å². The van der Waals surface area contributed by atoms with Gasteiger partial charge in [-0.1, -0.05) is 39.8 Å². The van der Waals surface area contributed by atoms with Crippen molar-refractivity contribution in [3.8, 4) is 0 Å². The Bertz CT molecular complexity index is 753. The second kappa shape index (κ2) is 5.42. The van der Waals surface area contributed by atoms with E-state index in [1.165, 1.54) is 11.1 Å². The predicted octanol–water partition coefficient (Wildman–Crippen LogP) is 4.98. The van der Waals surface area contributed by atoms with Crippen molar-refractivity contribution < 1.29 is 14.3 Å². The van der Waals surface area contributed by atoms with Crippen LogP contribution >= 0.6 is 0 Å². The summed E-state index contributed by atoms with van der Waals surface area (Å²) in [6, 6.07) is 0. The van der Waals surface area contributed by atoms with Crippen molar-refractivity contribution in [2.24, 2.45) is 22.7 Å². The van der Waals surface area contributed by atoms with Gasteiger partial charge in [0, 0.05) is 11.0 Å². The van der Waals surface area contributed by atoms with Crippen LogP contribution in [0.15, 0.2) is 34.9 Å². The number of hydrogen-bond acceptors (Lipinski definition) is 3. The summed E-state index contributed by atoms with van der Waals surface area (Å²) in [7, 11) is 0. The van der Waals surface area contributed by atoms with Crippen molar-refractivity contribution in [1.29, 1.82) is 0 Å². The van der Waals surface area contributed by atoms with Gasteiger partial charge < -0.3 is 9.47 Å². The molecule has 0 unspecified atom stereocenters. The van der Waals surface area contributed by atoms with Crippen molar-refractivity contribution in [1.82, 2.24) is 0 Å². The van der Waals surface area contributed by atoms with Crippen LogP contribution in [0.25, 0.3) is 0 Å². The van der Waals surface area contributed by atoms with Crippen LogP contribution in [0.1, 0.15) is 61.3 Å². The maximum absolute atomic E-state index is 12.3. The van der Waals surface area contributed by atoms with E-state index in [0.717, 1.165) is 18.4 Å². The first-order valence-electron chi connectivity index (χ1n) is 10.0. The summed E-state index contributed by atoms with van der Waals surface area (Å²) in [5, 5.41) is 0. The summed E-state index contributed by atoms with van der Waals surface area (Å²) in [5.41, 5.74) is 3.39. The maximum atomic E-state index is 12.3. The smallest absolute Gasteiger partial charge is 0.181 e. The third kappa shape index (κ3) is 2.36. The molecule has 0 N–H and O–H groups in total. The maximum Gasteiger partial charge on any atom is 0.181 e. The first kappa shape index (κ1) is 18.2. The Hall–Kier alpha value is -1.19. The largest absolute Gasteiger partial charge is 0.344 e. The Labute approximate surface area is 157 Å². The van der Waals surface area contributed by atoms with Gasteiger partial charge in [-0.25, -0.2) is 0 Å². The van der Waals surface area contributed by atoms with Gasteiger partial charge in [-0.2, -0.15) is 0 Å². The summed E-state index contributed by atoms with van der Waals surface area (Å²) >= 11 is 0. The third-order valence-electron chi connectivity index (χ3n) is 7.36. The highest BCUT2D eigenvalue weighted by atomic mass is 16.8. The highest BCUT2D eigenvalue weighted by molar-refractivity contribution is 6.06. The summed E-state index contributed by atoms with van der Waals surface area (Å²) in [4.78, 5) is 12.3. The third-order valence-corrected chi connectivity index (χ3v) is 7.36. The van der Waals surface area contributed by atoms with E-state index in [0.29, 0.717) is 11.8 Å². The van der Waals surface area contributed by atoms with E-state index in [9.17, 15) is 4.79 Å². The Kier molecular flexibility index (Phi) is 3.79. The van der Waals surface area contributed by atoms with Gasteiger partial charge in [-0.15, -0.1) is 0 Å². The van der Waals surface area contributed by atoms with Gasteiger partial charge in [-0.05, 0) is 68.1 Å². The Morgan fingerprint density at radius 2 is 1.81 bits per heavy atom. The molecule has 0 spiro atoms. The molecule has 1 heterocycles. The molecule has 2 fully saturated rings. The highest BCUT2D eigenvalue weighted by Crippen LogP contribution is 2.62. The van der Waals surface area contributed by atoms with Crippen LogP contribution in [0.2, 0.25) is 0 Å². The van der Waals surface area contributed by atoms with Gasteiger partial charge in [0.1, 0.15) is 6.10 Å². The quantitative estimate of drug-likeness (QED) is 0.665. The number of carbonyl (C=O) groups is 1. The van der Waals surface area contributed by atoms with Crippen LogP contribution in [0.4, 0.5) is 0 Å². The average molecular weight is 357 g/mol. The molecule has 1 saturated heterocycles. The summed E-state index contributed by atoms with van der Waals surface area (Å²) < 4.78 is 12.8. The van der Waals surface area contributed by atoms with Gasteiger partial charge in [-0.3, -0.25) is 4.79 Å². The van der Waals surface area contributed by atoms with Crippen LogP contribution in [-0.4, -0.2) is 23.8 Å². The van der Waals surface area contributed by atoms with Crippen molar-refractivity contribution in [3.63, 3.8) is 0 Å². The molecule has 0 amide bonds. The van der Waals surface area contributed by atoms with Gasteiger partial charge in [0.05, 0.1) is 6.10 Å². The molecule has 3 nitrogen and oxygen atoms in total. The molecule has 0 aromatic heterocycles. The molecule has 5 atom stereocenters. The minimum absolute atomic E-state index is 0.00828. The van der Waals surface area contributed by atoms with E-state index in [2.05, 4.69) is 39.8 Å². The zero-order valence-electron chi connectivity index (χ0n) is 17.2. The molecule has 4 aliphatic rings. The normalized spacial score (nSPS) is 43.9. The highest BCUT2D eigenvalue weighted by Gasteiger charge is 2.62. The number of allylic oxidation sites excluding steroid dienone is 5. The number of fused-ring (bicyclic) bond motifs is 4. The molecule has 1 aliphatic heterocycles. The van der Waals surface area contributed by atoms with Crippen molar-refractivity contribution in [2.75, 3.05) is 0 Å². The zero-order valence-corrected chi connectivity index (χ0v) is 17.2. The molecule has 1 saturated carbocycles. The molecule has 0 radical (unpaired) electrons. The van der Waals surface area contributed by atoms with E-state index in [1.807, 2.05) is 20.8 Å². The fourth-order valence-corrected chi connectivity index (χ4v) is 6.05. The van der Waals surface area contributed by atoms with Gasteiger partial charge in [0.25, 0.3) is 0 Å². The van der Waals surface area contributed by atoms with Crippen LogP contribution in [0, 0.1) is 22.7 Å². The lowest BCUT2D eigenvalue weighted by Gasteiger charge is -2.39. The number of ketones is 1. The lowest BCUT2D eigenvalue weighted by Crippen LogP contribution is -2.36. The topological polar surface area (TPSA) is 35.5 Å². The van der Waals surface area contributed by atoms with Crippen LogP contribution in [0.5, 0.6) is 0 Å². The molecule has 3 aliphatic carbocycles. The van der Waals surface area contributed by atoms with Crippen molar-refractivity contribution >= 4 is 5.78 Å². The molecular formula is C23H32O3. The standard InChI is InChI=1S/C23H32O3/c1-13(2)18-20-19(25-21(4,5)26-20)16-12-15-14(3)17(24)8-9-22(15,6)10-11-23(16,18)7/h8-9,12-13,18-20H,10-11H2,1-7H3/t18-,19+,20-,22-,23-/m0/s1. The fraction of sp³-hybridized carbons (Fsp3) is 0.696. The second-order valence-corrected chi connectivity index (χ2v) is 9.96. The minimum atomic E-state index is -0.550. The summed E-state index contributed by atoms with van der Waals surface area (Å²) in [6.07, 6.45) is 8.43. The monoisotopic (exact) mass is 356 g/mol. The molecule has 0 aromatic carbocycles. The van der Waals surface area contributed by atoms with Crippen LogP contribution < -0.4 is 0 Å². The zero-order chi connectivity index (χ0) is 19.1. The van der Waals surface area contributed by atoms with Crippen LogP contribution in [0.3, 0.4) is 0 Å². The lowest BCUT2D eigenvalue weighted by atomic mass is 9.67. The molecule has 3 heteroatoms. The molecule has 0 bridgehead atoms. The van der Waals surface area contributed by atoms with Gasteiger partial charge in [0.2, 0.25) is 0 Å². The molecule has 0 aromatic rings. The number of ether oxygens (including phenoxy) is 2. The average Bonchev–Trinajstić information content (AvgIpc) is 2.89. The number of rotatable bonds is 1. The predicted molar refractivity (Wildman–Crippen MR) is 103 cm³/mol. The van der Waals surface area contributed by atoms with Gasteiger partial charge >= 0.3 is 0 Å². The number of hydrogen-bond donors (Lipinski definition) is 0. The molecule has 142 valence electrons. The first-order valence-corrected chi connectivity index (χ1v) is 10.0. The van der Waals surface area contributed by atoms with E-state index in [1.54, 1.807) is 6.08 Å². The van der Waals surface area contributed by atoms with E-state index in [-0.39, 0.29) is 28.8 Å². The fourth-order valence-electron chi connectivity index (χ4n) is 6.05. The molecule has 26 heavy (non-hydrogen) atoms. The van der Waals surface area contributed by atoms with Crippen molar-refractivity contribution in [2.45, 2.75) is 79.3 Å². The minimum Gasteiger partial charge on any atom is -0.344 e. The Morgan fingerprint density at radius 3 is 2.46 bits per heavy atom. The molecular weight excluding hydrogens is 324 g/mol. The second-order valence-electron chi connectivity index (χ2n) is 9.96. The summed E-state index contributed by atoms with van der Waals surface area (Å²) in [5.74, 6) is 0.518. The SMILES string of the molecule is CC1=C2C=C3[C@H]4OC(C)(C)O[C@H]4[C@H](C(C)C)[C@@]3(C)CC[C@]2(C)C=CC1=O. The Morgan fingerprint density at radius 1 is 1.12 bits per heavy atom. The first-order chi connectivity index (χ1) is 12.0. The van der Waals surface area contributed by atoms with E-state index < -0.39 is 5.79 Å². The lowest BCUT2D eigenvalue weighted by molar-refractivity contribution is -0.162. The van der Waals surface area contributed by atoms with Crippen molar-refractivity contribution in [3.05, 3.63) is 34.9 Å². The summed E-state index contributed by atoms with van der Waals surface area (Å²) in [6.45, 7) is 15.3. The van der Waals surface area contributed by atoms with Crippen LogP contribution in [-0.2, 0) is 14.3 Å². The van der Waals surface area contributed by atoms with E-state index in [4.69, 9.17) is 9.47 Å². The molecule has 4 rings (SSSR count). The number of carbonyl (C=O) groups excluding carboxylic acids is 1. The Balaban J connectivity index is 1.90. The van der Waals surface area contributed by atoms with E-state index >= 15 is 0 Å².